The van der Waals surface area contributed by atoms with Gasteiger partial charge in [-0.05, 0) is 43.5 Å². The SMILES string of the molecule is [B]C12CCC(N)(CC1)C1(CN=C(Nc3nc(-c4ccc(OC)cc4)cs3)O1)C2. The molecule has 6 nitrogen and oxygen atoms in total. The number of aromatic nitrogens is 1. The highest BCUT2D eigenvalue weighted by Crippen LogP contribution is 2.60. The van der Waals surface area contributed by atoms with Crippen LogP contribution < -0.4 is 15.8 Å². The molecule has 1 atom stereocenters. The molecule has 1 spiro atoms. The Bertz CT molecular complexity index is 921. The lowest BCUT2D eigenvalue weighted by atomic mass is 9.44. The summed E-state index contributed by atoms with van der Waals surface area (Å²) in [6.45, 7) is 0.557. The van der Waals surface area contributed by atoms with E-state index in [4.69, 9.17) is 23.1 Å². The number of nitrogens with one attached hydrogen (secondary N) is 1. The lowest BCUT2D eigenvalue weighted by molar-refractivity contribution is -0.0780. The maximum absolute atomic E-state index is 6.75. The van der Waals surface area contributed by atoms with Crippen molar-refractivity contribution >= 4 is 30.3 Å². The van der Waals surface area contributed by atoms with Crippen LogP contribution >= 0.6 is 11.3 Å². The molecule has 3 aliphatic carbocycles. The quantitative estimate of drug-likeness (QED) is 0.781. The van der Waals surface area contributed by atoms with Crippen molar-refractivity contribution in [3.63, 3.8) is 0 Å². The molecule has 3 N–H and O–H groups in total. The summed E-state index contributed by atoms with van der Waals surface area (Å²) >= 11 is 1.52. The summed E-state index contributed by atoms with van der Waals surface area (Å²) < 4.78 is 11.5. The number of nitrogens with zero attached hydrogens (tertiary/aromatic N) is 2. The third-order valence-corrected chi connectivity index (χ3v) is 7.31. The van der Waals surface area contributed by atoms with E-state index >= 15 is 0 Å². The topological polar surface area (TPSA) is 81.8 Å². The van der Waals surface area contributed by atoms with Crippen LogP contribution in [-0.2, 0) is 4.74 Å². The number of aliphatic imine (C=N–C) groups is 1. The van der Waals surface area contributed by atoms with Crippen molar-refractivity contribution in [2.24, 2.45) is 10.7 Å². The van der Waals surface area contributed by atoms with Gasteiger partial charge in [-0.2, -0.15) is 0 Å². The van der Waals surface area contributed by atoms with Crippen LogP contribution in [0.2, 0.25) is 5.31 Å². The van der Waals surface area contributed by atoms with E-state index in [-0.39, 0.29) is 10.9 Å². The van der Waals surface area contributed by atoms with E-state index in [1.165, 1.54) is 11.3 Å². The first-order chi connectivity index (χ1) is 13.4. The van der Waals surface area contributed by atoms with Crippen molar-refractivity contribution in [3.05, 3.63) is 29.6 Å². The highest BCUT2D eigenvalue weighted by molar-refractivity contribution is 7.14. The molecule has 1 aromatic carbocycles. The Morgan fingerprint density at radius 2 is 1.96 bits per heavy atom. The fourth-order valence-electron chi connectivity index (χ4n) is 4.75. The van der Waals surface area contributed by atoms with Gasteiger partial charge in [-0.25, -0.2) is 9.98 Å². The Kier molecular flexibility index (Phi) is 4.00. The van der Waals surface area contributed by atoms with Crippen molar-refractivity contribution in [2.45, 2.75) is 48.6 Å². The van der Waals surface area contributed by atoms with Crippen LogP contribution in [0.3, 0.4) is 0 Å². The Hall–Kier alpha value is -2.06. The summed E-state index contributed by atoms with van der Waals surface area (Å²) in [5.74, 6) is 0.825. The summed E-state index contributed by atoms with van der Waals surface area (Å²) in [6, 6.07) is 8.34. The third kappa shape index (κ3) is 2.81. The molecule has 2 heterocycles. The molecule has 144 valence electrons. The molecule has 4 aliphatic rings. The van der Waals surface area contributed by atoms with E-state index in [9.17, 15) is 0 Å². The first kappa shape index (κ1) is 18.0. The third-order valence-electron chi connectivity index (χ3n) is 6.56. The molecule has 3 fully saturated rings. The van der Waals surface area contributed by atoms with Gasteiger partial charge in [-0.3, -0.25) is 5.32 Å². The average molecular weight is 394 g/mol. The smallest absolute Gasteiger partial charge is 0.291 e. The summed E-state index contributed by atoms with van der Waals surface area (Å²) in [6.07, 6.45) is 4.49. The molecular formula is C20H23BN4O2S. The molecule has 0 amide bonds. The second-order valence-electron chi connectivity index (χ2n) is 8.30. The predicted octanol–water partition coefficient (Wildman–Crippen LogP) is 3.36. The average Bonchev–Trinajstić information content (AvgIpc) is 3.32. The second kappa shape index (κ2) is 6.22. The summed E-state index contributed by atoms with van der Waals surface area (Å²) in [5, 5.41) is 5.81. The molecule has 28 heavy (non-hydrogen) atoms. The number of amidine groups is 1. The van der Waals surface area contributed by atoms with Crippen LogP contribution in [0.15, 0.2) is 34.6 Å². The Balaban J connectivity index is 1.30. The number of fused-ring (bicyclic) bond motifs is 2. The van der Waals surface area contributed by atoms with Crippen molar-refractivity contribution < 1.29 is 9.47 Å². The Morgan fingerprint density at radius 1 is 1.21 bits per heavy atom. The number of thiazole rings is 1. The molecule has 0 saturated heterocycles. The van der Waals surface area contributed by atoms with E-state index in [1.807, 2.05) is 29.6 Å². The number of methoxy groups -OCH3 is 1. The van der Waals surface area contributed by atoms with Gasteiger partial charge in [0, 0.05) is 10.9 Å². The van der Waals surface area contributed by atoms with Crippen LogP contribution in [0, 0.1) is 0 Å². The van der Waals surface area contributed by atoms with Gasteiger partial charge in [0.25, 0.3) is 6.02 Å². The zero-order valence-corrected chi connectivity index (χ0v) is 16.7. The van der Waals surface area contributed by atoms with Crippen LogP contribution in [0.4, 0.5) is 5.13 Å². The first-order valence-electron chi connectivity index (χ1n) is 9.61. The summed E-state index contributed by atoms with van der Waals surface area (Å²) in [4.78, 5) is 9.27. The summed E-state index contributed by atoms with van der Waals surface area (Å²) in [5.41, 5.74) is 7.84. The van der Waals surface area contributed by atoms with E-state index in [0.717, 1.165) is 54.2 Å². The van der Waals surface area contributed by atoms with Gasteiger partial charge in [-0.1, -0.05) is 18.2 Å². The molecule has 1 unspecified atom stereocenters. The van der Waals surface area contributed by atoms with Crippen molar-refractivity contribution in [2.75, 3.05) is 19.0 Å². The van der Waals surface area contributed by atoms with E-state index < -0.39 is 5.60 Å². The number of rotatable bonds is 3. The van der Waals surface area contributed by atoms with Gasteiger partial charge in [0.05, 0.1) is 32.7 Å². The van der Waals surface area contributed by atoms with Gasteiger partial charge in [-0.15, -0.1) is 11.3 Å². The second-order valence-corrected chi connectivity index (χ2v) is 9.16. The largest absolute Gasteiger partial charge is 0.497 e. The van der Waals surface area contributed by atoms with Crippen molar-refractivity contribution in [1.82, 2.24) is 4.98 Å². The van der Waals surface area contributed by atoms with Gasteiger partial charge in [0.2, 0.25) is 0 Å². The van der Waals surface area contributed by atoms with Gasteiger partial charge < -0.3 is 15.2 Å². The molecule has 2 aromatic rings. The van der Waals surface area contributed by atoms with Crippen LogP contribution in [0.5, 0.6) is 5.75 Å². The molecule has 1 aliphatic heterocycles. The maximum atomic E-state index is 6.75. The molecule has 2 bridgehead atoms. The highest BCUT2D eigenvalue weighted by atomic mass is 32.1. The Labute approximate surface area is 170 Å². The highest BCUT2D eigenvalue weighted by Gasteiger charge is 2.63. The molecular weight excluding hydrogens is 371 g/mol. The molecule has 3 saturated carbocycles. The minimum Gasteiger partial charge on any atom is -0.497 e. The maximum Gasteiger partial charge on any atom is 0.291 e. The standard InChI is InChI=1S/C20H23BN4O2S/c1-26-14-4-2-13(3-5-14)15-10-28-17(24-15)25-16-23-12-20(27-16)11-18(21)6-8-19(20,22)9-7-18/h2-5,10H,6-9,11-12,22H2,1H3,(H,23,24,25). The molecule has 8 heteroatoms. The predicted molar refractivity (Wildman–Crippen MR) is 112 cm³/mol. The van der Waals surface area contributed by atoms with Gasteiger partial charge >= 0.3 is 0 Å². The number of benzene rings is 1. The van der Waals surface area contributed by atoms with Crippen LogP contribution in [-0.4, -0.2) is 43.6 Å². The monoisotopic (exact) mass is 394 g/mol. The number of nitrogens with two attached hydrogens (primary N) is 1. The van der Waals surface area contributed by atoms with Crippen LogP contribution in [0.25, 0.3) is 11.3 Å². The van der Waals surface area contributed by atoms with Gasteiger partial charge in [0.15, 0.2) is 5.13 Å². The van der Waals surface area contributed by atoms with Gasteiger partial charge in [0.1, 0.15) is 11.4 Å². The van der Waals surface area contributed by atoms with E-state index in [2.05, 4.69) is 15.3 Å². The van der Waals surface area contributed by atoms with E-state index in [1.54, 1.807) is 7.11 Å². The Morgan fingerprint density at radius 3 is 2.68 bits per heavy atom. The first-order valence-corrected chi connectivity index (χ1v) is 10.5. The molecule has 2 radical (unpaired) electrons. The zero-order chi connectivity index (χ0) is 19.4. The van der Waals surface area contributed by atoms with E-state index in [0.29, 0.717) is 12.6 Å². The lowest BCUT2D eigenvalue weighted by Crippen LogP contribution is -2.69. The fraction of sp³-hybridized carbons (Fsp3) is 0.500. The minimum atomic E-state index is -0.489. The van der Waals surface area contributed by atoms with Crippen molar-refractivity contribution in [1.29, 1.82) is 0 Å². The van der Waals surface area contributed by atoms with Crippen LogP contribution in [0.1, 0.15) is 32.1 Å². The molecule has 1 aromatic heterocycles. The minimum absolute atomic E-state index is 0.172. The zero-order valence-electron chi connectivity index (χ0n) is 15.9. The number of ether oxygens (including phenoxy) is 2. The fourth-order valence-corrected chi connectivity index (χ4v) is 5.46. The lowest BCUT2D eigenvalue weighted by Gasteiger charge is -2.59. The number of anilines is 1. The number of hydrogen-bond donors (Lipinski definition) is 2. The number of hydrogen-bond acceptors (Lipinski definition) is 7. The normalized spacial score (nSPS) is 33.6. The summed E-state index contributed by atoms with van der Waals surface area (Å²) in [7, 11) is 8.23. The van der Waals surface area contributed by atoms with Crippen molar-refractivity contribution in [3.8, 4) is 17.0 Å². The molecule has 6 rings (SSSR count).